The van der Waals surface area contributed by atoms with Gasteiger partial charge < -0.3 is 19.6 Å². The van der Waals surface area contributed by atoms with Gasteiger partial charge in [0.1, 0.15) is 6.10 Å². The normalized spacial score (nSPS) is 24.3. The van der Waals surface area contributed by atoms with Gasteiger partial charge in [0, 0.05) is 25.2 Å². The molecule has 0 spiro atoms. The van der Waals surface area contributed by atoms with E-state index in [1.807, 2.05) is 25.2 Å². The number of aryl methyl sites for hydroxylation is 3. The fraction of sp³-hybridized carbons (Fsp3) is 0.565. The smallest absolute Gasteiger partial charge is 0.174 e. The van der Waals surface area contributed by atoms with Crippen LogP contribution in [0.1, 0.15) is 43.1 Å². The molecule has 0 fully saturated rings. The molecule has 0 aromatic carbocycles. The molecule has 6 heteroatoms. The number of hydrogen-bond donors (Lipinski definition) is 1. The molecule has 158 valence electrons. The maximum atomic E-state index is 9.60. The maximum absolute atomic E-state index is 9.60. The van der Waals surface area contributed by atoms with Gasteiger partial charge in [-0.2, -0.15) is 0 Å². The summed E-state index contributed by atoms with van der Waals surface area (Å²) in [4.78, 5) is 12.9. The van der Waals surface area contributed by atoms with Crippen LogP contribution in [0.15, 0.2) is 36.0 Å². The molecule has 6 nitrogen and oxygen atoms in total. The van der Waals surface area contributed by atoms with Gasteiger partial charge in [0.15, 0.2) is 6.10 Å². The summed E-state index contributed by atoms with van der Waals surface area (Å²) in [7, 11) is 0. The lowest BCUT2D eigenvalue weighted by Crippen LogP contribution is -2.38. The summed E-state index contributed by atoms with van der Waals surface area (Å²) in [6.45, 7) is 11.7. The summed E-state index contributed by atoms with van der Waals surface area (Å²) < 4.78 is 5.82. The molecule has 0 saturated carbocycles. The number of aliphatic hydroxyl groups excluding tert-OH is 1. The molecule has 3 heterocycles. The average molecular weight is 400 g/mol. The molecular formula is C23H33N3O3. The van der Waals surface area contributed by atoms with E-state index < -0.39 is 6.10 Å². The first-order chi connectivity index (χ1) is 14.0. The molecule has 0 bridgehead atoms. The van der Waals surface area contributed by atoms with Crippen LogP contribution in [0.2, 0.25) is 0 Å². The Morgan fingerprint density at radius 3 is 3.03 bits per heavy atom. The van der Waals surface area contributed by atoms with Crippen molar-refractivity contribution in [3.63, 3.8) is 0 Å². The number of anilines is 1. The first-order valence-electron chi connectivity index (χ1n) is 10.5. The maximum Gasteiger partial charge on any atom is 0.174 e. The number of fused-ring (bicyclic) bond motifs is 1. The Balaban J connectivity index is 1.57. The molecule has 0 unspecified atom stereocenters. The highest BCUT2D eigenvalue weighted by molar-refractivity contribution is 5.82. The van der Waals surface area contributed by atoms with E-state index in [0.717, 1.165) is 43.8 Å². The van der Waals surface area contributed by atoms with Gasteiger partial charge in [-0.3, -0.25) is 4.98 Å². The summed E-state index contributed by atoms with van der Waals surface area (Å²) >= 11 is 0. The molecule has 3 atom stereocenters. The fourth-order valence-corrected chi connectivity index (χ4v) is 3.73. The Bertz CT molecular complexity index is 775. The Hall–Kier alpha value is -2.18. The lowest BCUT2D eigenvalue weighted by Gasteiger charge is -2.31. The van der Waals surface area contributed by atoms with Crippen LogP contribution < -0.4 is 4.90 Å². The van der Waals surface area contributed by atoms with Crippen LogP contribution in [0.25, 0.3) is 0 Å². The summed E-state index contributed by atoms with van der Waals surface area (Å²) in [5.74, 6) is 0. The number of aliphatic hydroxyl groups is 1. The lowest BCUT2D eigenvalue weighted by atomic mass is 10.0. The van der Waals surface area contributed by atoms with Crippen molar-refractivity contribution < 1.29 is 14.7 Å². The predicted molar refractivity (Wildman–Crippen MR) is 117 cm³/mol. The van der Waals surface area contributed by atoms with Crippen molar-refractivity contribution in [2.24, 2.45) is 5.16 Å². The quantitative estimate of drug-likeness (QED) is 0.412. The minimum Gasteiger partial charge on any atom is -0.394 e. The third kappa shape index (κ3) is 5.46. The molecule has 2 aliphatic rings. The fourth-order valence-electron chi connectivity index (χ4n) is 3.73. The van der Waals surface area contributed by atoms with Crippen LogP contribution in [0.4, 0.5) is 5.69 Å². The molecule has 0 radical (unpaired) electrons. The van der Waals surface area contributed by atoms with Crippen LogP contribution in [0, 0.1) is 13.8 Å². The molecular weight excluding hydrogens is 366 g/mol. The highest BCUT2D eigenvalue weighted by Gasteiger charge is 2.28. The number of nitrogens with zero attached hydrogens (tertiary/aromatic N) is 3. The molecule has 0 saturated heterocycles. The van der Waals surface area contributed by atoms with Gasteiger partial charge in [0.2, 0.25) is 0 Å². The van der Waals surface area contributed by atoms with Crippen LogP contribution in [-0.2, 0) is 16.0 Å². The third-order valence-electron chi connectivity index (χ3n) is 5.59. The lowest BCUT2D eigenvalue weighted by molar-refractivity contribution is -0.1000. The molecule has 3 rings (SSSR count). The first kappa shape index (κ1) is 21.5. The zero-order valence-corrected chi connectivity index (χ0v) is 17.8. The minimum absolute atomic E-state index is 0.0607. The zero-order chi connectivity index (χ0) is 20.8. The molecule has 1 aromatic heterocycles. The highest BCUT2D eigenvalue weighted by atomic mass is 16.7. The highest BCUT2D eigenvalue weighted by Crippen LogP contribution is 2.28. The van der Waals surface area contributed by atoms with Crippen molar-refractivity contribution in [3.05, 3.63) is 47.8 Å². The van der Waals surface area contributed by atoms with Crippen molar-refractivity contribution in [2.45, 2.75) is 64.8 Å². The second kappa shape index (κ2) is 10.0. The van der Waals surface area contributed by atoms with Gasteiger partial charge in [-0.1, -0.05) is 17.3 Å². The van der Waals surface area contributed by atoms with E-state index in [1.54, 1.807) is 0 Å². The van der Waals surface area contributed by atoms with Gasteiger partial charge >= 0.3 is 0 Å². The van der Waals surface area contributed by atoms with Crippen LogP contribution in [0.3, 0.4) is 0 Å². The van der Waals surface area contributed by atoms with Crippen molar-refractivity contribution in [3.8, 4) is 0 Å². The van der Waals surface area contributed by atoms with Crippen molar-refractivity contribution in [1.82, 2.24) is 4.98 Å². The SMILES string of the molecule is C=CC[C@@H]1C=C[C@H](ON=C(C)CCN2CCCc3nc(C)c(C)cc32)[C@H](CO)O1. The van der Waals surface area contributed by atoms with E-state index in [2.05, 4.69) is 36.5 Å². The Morgan fingerprint density at radius 1 is 1.45 bits per heavy atom. The number of ether oxygens (including phenoxy) is 1. The molecule has 2 aliphatic heterocycles. The summed E-state index contributed by atoms with van der Waals surface area (Å²) in [5, 5.41) is 13.9. The van der Waals surface area contributed by atoms with Crippen molar-refractivity contribution in [2.75, 3.05) is 24.6 Å². The van der Waals surface area contributed by atoms with E-state index in [4.69, 9.17) is 14.6 Å². The van der Waals surface area contributed by atoms with Gasteiger partial charge in [0.05, 0.1) is 29.8 Å². The third-order valence-corrected chi connectivity index (χ3v) is 5.59. The summed E-state index contributed by atoms with van der Waals surface area (Å²) in [5.41, 5.74) is 5.73. The van der Waals surface area contributed by atoms with Crippen molar-refractivity contribution >= 4 is 11.4 Å². The molecule has 0 aliphatic carbocycles. The average Bonchev–Trinajstić information content (AvgIpc) is 2.72. The number of rotatable bonds is 8. The Kier molecular flexibility index (Phi) is 7.45. The summed E-state index contributed by atoms with van der Waals surface area (Å²) in [6.07, 6.45) is 8.54. The van der Waals surface area contributed by atoms with Crippen LogP contribution >= 0.6 is 0 Å². The van der Waals surface area contributed by atoms with Crippen LogP contribution in [0.5, 0.6) is 0 Å². The summed E-state index contributed by atoms with van der Waals surface area (Å²) in [6, 6.07) is 2.26. The second-order valence-corrected chi connectivity index (χ2v) is 7.90. The second-order valence-electron chi connectivity index (χ2n) is 7.90. The zero-order valence-electron chi connectivity index (χ0n) is 17.8. The number of aromatic nitrogens is 1. The molecule has 1 N–H and O–H groups in total. The van der Waals surface area contributed by atoms with Gasteiger partial charge in [0.25, 0.3) is 0 Å². The topological polar surface area (TPSA) is 67.2 Å². The van der Waals surface area contributed by atoms with E-state index in [1.165, 1.54) is 16.9 Å². The van der Waals surface area contributed by atoms with E-state index >= 15 is 0 Å². The standard InChI is InChI=1S/C23H33N3O3/c1-5-7-19-9-10-22(23(15-27)28-19)29-25-17(3)11-13-26-12-6-8-20-21(26)14-16(2)18(4)24-20/h5,9-10,14,19,22-23,27H,1,6-8,11-13,15H2,2-4H3/t19-,22+,23+/m1/s1. The molecule has 1 aromatic rings. The number of hydrogen-bond acceptors (Lipinski definition) is 6. The molecule has 29 heavy (non-hydrogen) atoms. The van der Waals surface area contributed by atoms with Gasteiger partial charge in [-0.05, 0) is 57.7 Å². The Labute approximate surface area is 173 Å². The van der Waals surface area contributed by atoms with Crippen LogP contribution in [-0.4, -0.2) is 53.8 Å². The predicted octanol–water partition coefficient (Wildman–Crippen LogP) is 3.49. The van der Waals surface area contributed by atoms with E-state index in [0.29, 0.717) is 6.42 Å². The van der Waals surface area contributed by atoms with E-state index in [-0.39, 0.29) is 18.8 Å². The largest absolute Gasteiger partial charge is 0.394 e. The van der Waals surface area contributed by atoms with Crippen molar-refractivity contribution in [1.29, 1.82) is 0 Å². The number of oxime groups is 1. The minimum atomic E-state index is -0.409. The Morgan fingerprint density at radius 2 is 2.28 bits per heavy atom. The first-order valence-corrected chi connectivity index (χ1v) is 10.5. The van der Waals surface area contributed by atoms with Gasteiger partial charge in [-0.25, -0.2) is 0 Å². The van der Waals surface area contributed by atoms with E-state index in [9.17, 15) is 5.11 Å². The van der Waals surface area contributed by atoms with Gasteiger partial charge in [-0.15, -0.1) is 6.58 Å². The molecule has 0 amide bonds. The number of pyridine rings is 1. The monoisotopic (exact) mass is 399 g/mol.